The standard InChI is InChI=1S/C60H100NO12P/c1-4-7-10-13-16-19-21-24-27-30-39-46-55(65)69-59-57(61-54(64)48-50(63)41-34-29-26-23-18-15-12-9-6-3)60(70-56(66)47-40-31-28-25-22-20-17-14-11-8-5-2)68-53(49-62)58(59)73-74(67,71-51-42-35-32-36-43-51)72-52-44-37-33-38-45-52/h32-33,35-38,42-45,50,53,57-60,62-63H,4-31,34,39-41,46-49H2,1-3H3,(H,61,64)/t50-,53-,57-,58-,59-,60-/m1/s1. The Bertz CT molecular complexity index is 1710. The number of ether oxygens (including phenoxy) is 3. The van der Waals surface area contributed by atoms with Crippen LogP contribution in [0.3, 0.4) is 0 Å². The molecule has 1 fully saturated rings. The fraction of sp³-hybridized carbons (Fsp3) is 0.750. The average Bonchev–Trinajstić information content (AvgIpc) is 3.38. The molecule has 13 nitrogen and oxygen atoms in total. The Morgan fingerprint density at radius 3 is 1.32 bits per heavy atom. The number of phosphoric ester groups is 1. The number of esters is 2. The highest BCUT2D eigenvalue weighted by molar-refractivity contribution is 7.49. The molecule has 1 saturated heterocycles. The van der Waals surface area contributed by atoms with E-state index in [-0.39, 0.29) is 30.8 Å². The predicted octanol–water partition coefficient (Wildman–Crippen LogP) is 15.4. The first-order valence-corrected chi connectivity index (χ1v) is 31.0. The van der Waals surface area contributed by atoms with Crippen LogP contribution in [-0.2, 0) is 37.7 Å². The Balaban J connectivity index is 1.85. The van der Waals surface area contributed by atoms with Crippen LogP contribution in [0.5, 0.6) is 11.5 Å². The summed E-state index contributed by atoms with van der Waals surface area (Å²) in [4.78, 5) is 41.7. The second-order valence-electron chi connectivity index (χ2n) is 20.6. The van der Waals surface area contributed by atoms with Crippen molar-refractivity contribution in [2.45, 2.75) is 282 Å². The maximum Gasteiger partial charge on any atom is 0.588 e. The van der Waals surface area contributed by atoms with Crippen LogP contribution in [0.2, 0.25) is 0 Å². The molecule has 2 aromatic carbocycles. The molecule has 0 aliphatic carbocycles. The van der Waals surface area contributed by atoms with Crippen LogP contribution in [0.15, 0.2) is 60.7 Å². The molecule has 0 unspecified atom stereocenters. The summed E-state index contributed by atoms with van der Waals surface area (Å²) in [6, 6.07) is 15.2. The molecule has 3 rings (SSSR count). The van der Waals surface area contributed by atoms with Crippen LogP contribution < -0.4 is 14.4 Å². The van der Waals surface area contributed by atoms with Gasteiger partial charge in [-0.15, -0.1) is 0 Å². The molecule has 0 saturated carbocycles. The summed E-state index contributed by atoms with van der Waals surface area (Å²) in [5.41, 5.74) is 0. The van der Waals surface area contributed by atoms with Crippen LogP contribution in [0.4, 0.5) is 0 Å². The first-order valence-electron chi connectivity index (χ1n) is 29.5. The van der Waals surface area contributed by atoms with E-state index in [9.17, 15) is 29.2 Å². The number of rotatable bonds is 46. The number of aliphatic hydroxyl groups excluding tert-OH is 2. The molecule has 1 heterocycles. The Kier molecular flexibility index (Phi) is 36.5. The minimum atomic E-state index is -4.75. The van der Waals surface area contributed by atoms with Crippen LogP contribution in [0.1, 0.15) is 245 Å². The van der Waals surface area contributed by atoms with E-state index in [1.807, 2.05) is 0 Å². The van der Waals surface area contributed by atoms with Gasteiger partial charge in [-0.2, -0.15) is 0 Å². The topological polar surface area (TPSA) is 176 Å². The first kappa shape index (κ1) is 64.8. The Morgan fingerprint density at radius 1 is 0.541 bits per heavy atom. The van der Waals surface area contributed by atoms with E-state index in [0.29, 0.717) is 19.3 Å². The minimum absolute atomic E-state index is 0.0327. The molecular weight excluding hydrogens is 958 g/mol. The lowest BCUT2D eigenvalue weighted by Crippen LogP contribution is -2.66. The zero-order valence-corrected chi connectivity index (χ0v) is 47.0. The third-order valence-corrected chi connectivity index (χ3v) is 15.2. The van der Waals surface area contributed by atoms with E-state index in [2.05, 4.69) is 26.1 Å². The van der Waals surface area contributed by atoms with Crippen molar-refractivity contribution in [3.8, 4) is 11.5 Å². The number of para-hydroxylation sites is 2. The second kappa shape index (κ2) is 41.7. The van der Waals surface area contributed by atoms with Gasteiger partial charge in [-0.25, -0.2) is 4.57 Å². The predicted molar refractivity (Wildman–Crippen MR) is 295 cm³/mol. The zero-order chi connectivity index (χ0) is 53.3. The fourth-order valence-corrected chi connectivity index (χ4v) is 11.0. The van der Waals surface area contributed by atoms with Crippen molar-refractivity contribution in [2.24, 2.45) is 0 Å². The average molecular weight is 1060 g/mol. The number of aliphatic hydroxyl groups is 2. The maximum atomic E-state index is 15.0. The number of hydrogen-bond donors (Lipinski definition) is 3. The molecule has 0 aromatic heterocycles. The Hall–Kier alpha value is -3.48. The van der Waals surface area contributed by atoms with Crippen LogP contribution >= 0.6 is 7.82 Å². The van der Waals surface area contributed by atoms with Gasteiger partial charge in [-0.1, -0.05) is 243 Å². The summed E-state index contributed by atoms with van der Waals surface area (Å²) >= 11 is 0. The fourth-order valence-electron chi connectivity index (χ4n) is 9.52. The van der Waals surface area contributed by atoms with Gasteiger partial charge in [0.15, 0.2) is 6.10 Å². The van der Waals surface area contributed by atoms with E-state index in [1.165, 1.54) is 109 Å². The van der Waals surface area contributed by atoms with E-state index in [4.69, 9.17) is 27.8 Å². The lowest BCUT2D eigenvalue weighted by molar-refractivity contribution is -0.264. The van der Waals surface area contributed by atoms with E-state index >= 15 is 0 Å². The van der Waals surface area contributed by atoms with E-state index in [0.717, 1.165) is 77.0 Å². The summed E-state index contributed by atoms with van der Waals surface area (Å²) in [5, 5.41) is 24.9. The minimum Gasteiger partial charge on any atom is -0.457 e. The Labute approximate surface area is 447 Å². The monoisotopic (exact) mass is 1060 g/mol. The van der Waals surface area contributed by atoms with E-state index in [1.54, 1.807) is 60.7 Å². The molecule has 14 heteroatoms. The van der Waals surface area contributed by atoms with Crippen molar-refractivity contribution in [1.82, 2.24) is 5.32 Å². The highest BCUT2D eigenvalue weighted by Crippen LogP contribution is 2.52. The molecule has 422 valence electrons. The van der Waals surface area contributed by atoms with Crippen molar-refractivity contribution < 1.29 is 56.9 Å². The maximum absolute atomic E-state index is 15.0. The smallest absolute Gasteiger partial charge is 0.457 e. The van der Waals surface area contributed by atoms with Gasteiger partial charge < -0.3 is 38.8 Å². The highest BCUT2D eigenvalue weighted by Gasteiger charge is 2.54. The summed E-state index contributed by atoms with van der Waals surface area (Å²) < 4.78 is 51.8. The Morgan fingerprint density at radius 2 is 0.919 bits per heavy atom. The van der Waals surface area contributed by atoms with E-state index < -0.39 is 69.0 Å². The first-order chi connectivity index (χ1) is 36.1. The van der Waals surface area contributed by atoms with Crippen molar-refractivity contribution >= 4 is 25.7 Å². The van der Waals surface area contributed by atoms with Gasteiger partial charge in [0.2, 0.25) is 12.2 Å². The molecule has 6 atom stereocenters. The van der Waals surface area contributed by atoms with Gasteiger partial charge >= 0.3 is 19.8 Å². The van der Waals surface area contributed by atoms with Crippen molar-refractivity contribution in [2.75, 3.05) is 6.61 Å². The second-order valence-corrected chi connectivity index (χ2v) is 22.1. The molecular formula is C60H100NO12P. The van der Waals surface area contributed by atoms with Crippen LogP contribution in [0.25, 0.3) is 0 Å². The number of carbonyl (C=O) groups is 3. The third-order valence-electron chi connectivity index (χ3n) is 13.9. The SMILES string of the molecule is CCCCCCCCCCCCCC(=O)O[C@H]1O[C@H](CO)[C@@H](OP(=O)(Oc2ccccc2)Oc2ccccc2)[C@H](OC(=O)CCCCCCCCCCCCC)[C@H]1NC(=O)C[C@H](O)CCCCCCCCCCC. The summed E-state index contributed by atoms with van der Waals surface area (Å²) in [6.45, 7) is 5.90. The van der Waals surface area contributed by atoms with Crippen LogP contribution in [0, 0.1) is 0 Å². The van der Waals surface area contributed by atoms with Gasteiger partial charge in [0.1, 0.15) is 29.7 Å². The molecule has 0 spiro atoms. The van der Waals surface area contributed by atoms with Gasteiger partial charge in [0, 0.05) is 12.8 Å². The largest absolute Gasteiger partial charge is 0.588 e. The number of hydrogen-bond acceptors (Lipinski definition) is 12. The van der Waals surface area contributed by atoms with Crippen molar-refractivity contribution in [3.05, 3.63) is 60.7 Å². The third kappa shape index (κ3) is 29.7. The number of benzene rings is 2. The molecule has 74 heavy (non-hydrogen) atoms. The molecule has 2 aromatic rings. The van der Waals surface area contributed by atoms with Crippen molar-refractivity contribution in [3.63, 3.8) is 0 Å². The van der Waals surface area contributed by atoms with Crippen LogP contribution in [-0.4, -0.2) is 71.4 Å². The van der Waals surface area contributed by atoms with Gasteiger partial charge in [-0.05, 0) is 43.5 Å². The number of phosphoric acid groups is 1. The van der Waals surface area contributed by atoms with Crippen molar-refractivity contribution in [1.29, 1.82) is 0 Å². The lowest BCUT2D eigenvalue weighted by atomic mass is 9.96. The summed E-state index contributed by atoms with van der Waals surface area (Å²) in [5.74, 6) is -1.53. The molecule has 1 aliphatic rings. The number of nitrogens with one attached hydrogen (secondary N) is 1. The summed E-state index contributed by atoms with van der Waals surface area (Å²) in [6.07, 6.45) is 27.4. The molecule has 0 radical (unpaired) electrons. The molecule has 0 bridgehead atoms. The lowest BCUT2D eigenvalue weighted by Gasteiger charge is -2.45. The normalized spacial score (nSPS) is 18.1. The number of carbonyl (C=O) groups excluding carboxylic acids is 3. The van der Waals surface area contributed by atoms with Gasteiger partial charge in [0.25, 0.3) is 0 Å². The number of amides is 1. The molecule has 1 aliphatic heterocycles. The molecule has 3 N–H and O–H groups in total. The van der Waals surface area contributed by atoms with Gasteiger partial charge in [-0.3, -0.25) is 18.9 Å². The summed E-state index contributed by atoms with van der Waals surface area (Å²) in [7, 11) is -4.75. The highest BCUT2D eigenvalue weighted by atomic mass is 31.2. The zero-order valence-electron chi connectivity index (χ0n) is 46.1. The quantitative estimate of drug-likeness (QED) is 0.0325. The van der Waals surface area contributed by atoms with Gasteiger partial charge in [0.05, 0.1) is 19.1 Å². The molecule has 1 amide bonds. The number of unbranched alkanes of at least 4 members (excludes halogenated alkanes) is 28.